The molecular weight excluding hydrogens is 663 g/mol. The molecule has 2 aliphatic rings. The number of hydrogen-bond acceptors (Lipinski definition) is 8. The molecule has 2 fully saturated rings. The van der Waals surface area contributed by atoms with Gasteiger partial charge in [-0.25, -0.2) is 24.1 Å². The summed E-state index contributed by atoms with van der Waals surface area (Å²) in [5.41, 5.74) is 0.631. The van der Waals surface area contributed by atoms with Gasteiger partial charge in [-0.15, -0.1) is 0 Å². The second-order valence-corrected chi connectivity index (χ2v) is 12.0. The monoisotopic (exact) mass is 693 g/mol. The first-order valence-electron chi connectivity index (χ1n) is 15.0. The molecule has 0 aliphatic carbocycles. The third-order valence-corrected chi connectivity index (χ3v) is 8.76. The summed E-state index contributed by atoms with van der Waals surface area (Å²) in [6, 6.07) is 1.86. The number of rotatable bonds is 7. The van der Waals surface area contributed by atoms with Crippen LogP contribution in [0.3, 0.4) is 0 Å². The normalized spacial score (nSPS) is 18.6. The minimum Gasteiger partial charge on any atom is -0.481 e. The second-order valence-electron chi connectivity index (χ2n) is 12.0. The van der Waals surface area contributed by atoms with Crippen LogP contribution in [0.5, 0.6) is 5.88 Å². The largest absolute Gasteiger partial charge is 0.481 e. The van der Waals surface area contributed by atoms with Gasteiger partial charge in [0.2, 0.25) is 11.8 Å². The van der Waals surface area contributed by atoms with Crippen molar-refractivity contribution in [2.45, 2.75) is 58.0 Å². The molecule has 0 spiro atoms. The molecule has 1 amide bonds. The topological polar surface area (TPSA) is 98.5 Å². The van der Waals surface area contributed by atoms with Gasteiger partial charge >= 0.3 is 18.4 Å². The lowest BCUT2D eigenvalue weighted by Gasteiger charge is -2.34. The van der Waals surface area contributed by atoms with E-state index in [0.717, 1.165) is 21.9 Å². The maximum absolute atomic E-state index is 13.8. The minimum absolute atomic E-state index is 0.0131. The number of pyridine rings is 1. The summed E-state index contributed by atoms with van der Waals surface area (Å²) in [4.78, 5) is 29.6. The van der Waals surface area contributed by atoms with Gasteiger partial charge in [-0.2, -0.15) is 31.4 Å². The number of nitrogens with zero attached hydrogens (tertiary/aromatic N) is 7. The Morgan fingerprint density at radius 3 is 2.16 bits per heavy atom. The zero-order valence-electron chi connectivity index (χ0n) is 26.8. The van der Waals surface area contributed by atoms with Crippen molar-refractivity contribution < 1.29 is 45.0 Å². The Balaban J connectivity index is 1.42. The Hall–Kier alpha value is -4.96. The maximum atomic E-state index is 13.8. The number of alkyl halides is 7. The van der Waals surface area contributed by atoms with Gasteiger partial charge in [-0.05, 0) is 50.6 Å². The number of carbonyl (C=O) groups excluding carboxylic acids is 1. The fourth-order valence-electron chi connectivity index (χ4n) is 6.09. The van der Waals surface area contributed by atoms with E-state index in [0.29, 0.717) is 28.8 Å². The lowest BCUT2D eigenvalue weighted by molar-refractivity contribution is -0.143. The van der Waals surface area contributed by atoms with E-state index in [1.807, 2.05) is 13.8 Å². The van der Waals surface area contributed by atoms with Crippen LogP contribution in [-0.2, 0) is 30.7 Å². The number of amides is 1. The molecule has 3 aromatic heterocycles. The summed E-state index contributed by atoms with van der Waals surface area (Å²) in [5, 5.41) is 4.47. The van der Waals surface area contributed by atoms with Crippen LogP contribution in [0, 0.1) is 13.8 Å². The smallest absolute Gasteiger partial charge is 0.416 e. The van der Waals surface area contributed by atoms with Crippen molar-refractivity contribution in [1.29, 1.82) is 0 Å². The Morgan fingerprint density at radius 1 is 0.959 bits per heavy atom. The van der Waals surface area contributed by atoms with Gasteiger partial charge in [0, 0.05) is 47.4 Å². The van der Waals surface area contributed by atoms with Crippen LogP contribution >= 0.6 is 0 Å². The zero-order chi connectivity index (χ0) is 35.6. The standard InChI is InChI=1S/C32H30F7N7O3/c1-15-26(16(2)44(4)43-15)19-8-23(28(48-5)40-10-19)24-11-41-29(45-12-22(33)13-45)42-25(24)14-46-17(3)27(49-30(46)47)18-6-20(31(34,35)36)9-21(7-18)32(37,38)39/h6-11,17,22,27H,12-14H2,1-5H3. The molecule has 0 N–H and O–H groups in total. The lowest BCUT2D eigenvalue weighted by Crippen LogP contribution is -2.49. The fourth-order valence-corrected chi connectivity index (χ4v) is 6.09. The number of methoxy groups -OCH3 is 1. The van der Waals surface area contributed by atoms with E-state index in [9.17, 15) is 35.5 Å². The molecule has 0 bridgehead atoms. The van der Waals surface area contributed by atoms with Crippen molar-refractivity contribution in [2.24, 2.45) is 7.05 Å². The number of anilines is 1. The van der Waals surface area contributed by atoms with Crippen LogP contribution in [0.2, 0.25) is 0 Å². The maximum Gasteiger partial charge on any atom is 0.416 e. The van der Waals surface area contributed by atoms with Crippen LogP contribution < -0.4 is 9.64 Å². The first kappa shape index (κ1) is 33.9. The van der Waals surface area contributed by atoms with E-state index >= 15 is 0 Å². The third kappa shape index (κ3) is 6.33. The molecule has 260 valence electrons. The van der Waals surface area contributed by atoms with Crippen molar-refractivity contribution in [2.75, 3.05) is 25.1 Å². The van der Waals surface area contributed by atoms with Crippen LogP contribution in [-0.4, -0.2) is 68.1 Å². The van der Waals surface area contributed by atoms with Gasteiger partial charge in [-0.3, -0.25) is 9.58 Å². The van der Waals surface area contributed by atoms with Crippen molar-refractivity contribution in [3.8, 4) is 28.1 Å². The van der Waals surface area contributed by atoms with Crippen molar-refractivity contribution in [3.05, 3.63) is 70.4 Å². The van der Waals surface area contributed by atoms with Gasteiger partial charge in [0.25, 0.3) is 0 Å². The van der Waals surface area contributed by atoms with E-state index < -0.39 is 53.5 Å². The number of aromatic nitrogens is 5. The van der Waals surface area contributed by atoms with Gasteiger partial charge in [0.1, 0.15) is 12.3 Å². The predicted octanol–water partition coefficient (Wildman–Crippen LogP) is 6.84. The van der Waals surface area contributed by atoms with E-state index in [-0.39, 0.29) is 43.2 Å². The first-order chi connectivity index (χ1) is 23.0. The number of benzene rings is 1. The van der Waals surface area contributed by atoms with E-state index in [4.69, 9.17) is 9.47 Å². The molecule has 0 radical (unpaired) electrons. The quantitative estimate of drug-likeness (QED) is 0.194. The van der Waals surface area contributed by atoms with Gasteiger partial charge in [0.05, 0.1) is 55.3 Å². The molecule has 0 saturated carbocycles. The van der Waals surface area contributed by atoms with Crippen LogP contribution in [0.25, 0.3) is 22.3 Å². The Kier molecular flexibility index (Phi) is 8.43. The lowest BCUT2D eigenvalue weighted by atomic mass is 9.97. The molecule has 10 nitrogen and oxygen atoms in total. The van der Waals surface area contributed by atoms with Gasteiger partial charge < -0.3 is 14.4 Å². The number of halogens is 7. The molecule has 6 rings (SSSR count). The summed E-state index contributed by atoms with van der Waals surface area (Å²) in [6.07, 6.45) is -10.6. The van der Waals surface area contributed by atoms with Crippen molar-refractivity contribution in [3.63, 3.8) is 0 Å². The third-order valence-electron chi connectivity index (χ3n) is 8.76. The van der Waals surface area contributed by atoms with Crippen LogP contribution in [0.4, 0.5) is 41.5 Å². The molecule has 1 aromatic carbocycles. The number of aryl methyl sites for hydroxylation is 2. The number of cyclic esters (lactones) is 1. The van der Waals surface area contributed by atoms with Crippen molar-refractivity contribution >= 4 is 12.0 Å². The first-order valence-corrected chi connectivity index (χ1v) is 15.0. The molecular formula is C32H30F7N7O3. The molecule has 17 heteroatoms. The minimum atomic E-state index is -5.09. The summed E-state index contributed by atoms with van der Waals surface area (Å²) in [6.45, 7) is 4.98. The molecule has 49 heavy (non-hydrogen) atoms. The molecule has 2 unspecified atom stereocenters. The summed E-state index contributed by atoms with van der Waals surface area (Å²) in [7, 11) is 3.22. The Labute approximate surface area is 275 Å². The van der Waals surface area contributed by atoms with Gasteiger partial charge in [0.15, 0.2) is 0 Å². The highest BCUT2D eigenvalue weighted by Gasteiger charge is 2.44. The summed E-state index contributed by atoms with van der Waals surface area (Å²) in [5.74, 6) is 0.353. The SMILES string of the molecule is COc1ncc(-c2c(C)nn(C)c2C)cc1-c1cnc(N2CC(F)C2)nc1CN1C(=O)OC(c2cc(C(F)(F)F)cc(C(F)(F)F)c2)C1C. The number of ether oxygens (including phenoxy) is 2. The average molecular weight is 694 g/mol. The zero-order valence-corrected chi connectivity index (χ0v) is 26.8. The molecule has 2 saturated heterocycles. The summed E-state index contributed by atoms with van der Waals surface area (Å²) >= 11 is 0. The molecule has 5 heterocycles. The predicted molar refractivity (Wildman–Crippen MR) is 161 cm³/mol. The highest BCUT2D eigenvalue weighted by atomic mass is 19.4. The second kappa shape index (κ2) is 12.2. The Morgan fingerprint density at radius 2 is 1.61 bits per heavy atom. The highest BCUT2D eigenvalue weighted by Crippen LogP contribution is 2.42. The number of carbonyl (C=O) groups is 1. The Bertz CT molecular complexity index is 1890. The number of hydrogen-bond donors (Lipinski definition) is 0. The molecule has 2 atom stereocenters. The van der Waals surface area contributed by atoms with E-state index in [1.165, 1.54) is 20.2 Å². The van der Waals surface area contributed by atoms with E-state index in [2.05, 4.69) is 20.1 Å². The molecule has 2 aliphatic heterocycles. The van der Waals surface area contributed by atoms with Gasteiger partial charge in [-0.1, -0.05) is 0 Å². The highest BCUT2D eigenvalue weighted by molar-refractivity contribution is 5.79. The average Bonchev–Trinajstić information content (AvgIpc) is 3.45. The van der Waals surface area contributed by atoms with E-state index in [1.54, 1.807) is 28.9 Å². The van der Waals surface area contributed by atoms with Crippen molar-refractivity contribution in [1.82, 2.24) is 29.6 Å². The fraction of sp³-hybridized carbons (Fsp3) is 0.406. The molecule has 4 aromatic rings. The van der Waals surface area contributed by atoms with Crippen LogP contribution in [0.15, 0.2) is 36.7 Å². The summed E-state index contributed by atoms with van der Waals surface area (Å²) < 4.78 is 108. The van der Waals surface area contributed by atoms with Crippen LogP contribution in [0.1, 0.15) is 46.8 Å².